The van der Waals surface area contributed by atoms with Crippen LogP contribution in [-0.4, -0.2) is 42.8 Å². The molecule has 0 spiro atoms. The van der Waals surface area contributed by atoms with E-state index in [2.05, 4.69) is 70.9 Å². The lowest BCUT2D eigenvalue weighted by atomic mass is 9.83. The van der Waals surface area contributed by atoms with Crippen molar-refractivity contribution >= 4 is 0 Å². The molecule has 3 heteroatoms. The predicted octanol–water partition coefficient (Wildman–Crippen LogP) is 3.20. The molecule has 2 saturated heterocycles. The minimum atomic E-state index is -0.686. The molecular weight excluding hydrogens is 287 g/mol. The Morgan fingerprint density at radius 2 is 1.52 bits per heavy atom. The van der Waals surface area contributed by atoms with Crippen molar-refractivity contribution in [1.82, 2.24) is 10.2 Å². The Kier molecular flexibility index (Phi) is 4.15. The van der Waals surface area contributed by atoms with E-state index in [4.69, 9.17) is 0 Å². The number of nitrogens with one attached hydrogen (secondary N) is 1. The quantitative estimate of drug-likeness (QED) is 0.936. The molecule has 3 atom stereocenters. The molecule has 2 nitrogen and oxygen atoms in total. The lowest BCUT2D eigenvalue weighted by Gasteiger charge is -2.42. The topological polar surface area (TPSA) is 15.3 Å². The maximum absolute atomic E-state index is 14.0. The molecular formula is C20H23FN2. The summed E-state index contributed by atoms with van der Waals surface area (Å²) < 4.78 is 14.0. The molecule has 4 rings (SSSR count). The van der Waals surface area contributed by atoms with Gasteiger partial charge >= 0.3 is 0 Å². The van der Waals surface area contributed by atoms with Gasteiger partial charge in [0.2, 0.25) is 0 Å². The largest absolute Gasteiger partial charge is 0.314 e. The fourth-order valence-corrected chi connectivity index (χ4v) is 4.27. The molecule has 2 fully saturated rings. The number of nitrogens with zero attached hydrogens (tertiary/aromatic N) is 1. The third-order valence-electron chi connectivity index (χ3n) is 5.27. The fraction of sp³-hybridized carbons (Fsp3) is 0.400. The van der Waals surface area contributed by atoms with Crippen molar-refractivity contribution in [2.24, 2.45) is 0 Å². The summed E-state index contributed by atoms with van der Waals surface area (Å²) in [5.74, 6) is 0.276. The molecule has 2 aliphatic heterocycles. The minimum Gasteiger partial charge on any atom is -0.314 e. The first-order valence-corrected chi connectivity index (χ1v) is 8.53. The van der Waals surface area contributed by atoms with Gasteiger partial charge in [0.15, 0.2) is 0 Å². The number of alkyl halides is 1. The Bertz CT molecular complexity index is 591. The van der Waals surface area contributed by atoms with E-state index in [-0.39, 0.29) is 5.92 Å². The van der Waals surface area contributed by atoms with Crippen LogP contribution in [-0.2, 0) is 0 Å². The smallest absolute Gasteiger partial charge is 0.114 e. The van der Waals surface area contributed by atoms with E-state index in [9.17, 15) is 4.39 Å². The first kappa shape index (κ1) is 14.9. The number of hydrogen-bond acceptors (Lipinski definition) is 2. The van der Waals surface area contributed by atoms with Gasteiger partial charge in [-0.15, -0.1) is 0 Å². The highest BCUT2D eigenvalue weighted by Crippen LogP contribution is 2.36. The van der Waals surface area contributed by atoms with Gasteiger partial charge in [-0.05, 0) is 17.5 Å². The first-order valence-electron chi connectivity index (χ1n) is 8.53. The third kappa shape index (κ3) is 2.91. The SMILES string of the molecule is F[C@H]1C[C@H]2CNC[C@@H](C(c3ccccc3)c3ccccc3)N2C1. The Morgan fingerprint density at radius 3 is 2.13 bits per heavy atom. The average Bonchev–Trinajstić information content (AvgIpc) is 2.98. The van der Waals surface area contributed by atoms with Gasteiger partial charge in [0, 0.05) is 37.6 Å². The number of rotatable bonds is 3. The molecule has 23 heavy (non-hydrogen) atoms. The summed E-state index contributed by atoms with van der Waals surface area (Å²) in [5.41, 5.74) is 2.63. The van der Waals surface area contributed by atoms with Gasteiger partial charge in [-0.1, -0.05) is 60.7 Å². The summed E-state index contributed by atoms with van der Waals surface area (Å²) in [4.78, 5) is 2.41. The monoisotopic (exact) mass is 310 g/mol. The number of fused-ring (bicyclic) bond motifs is 1. The van der Waals surface area contributed by atoms with Crippen LogP contribution in [0.15, 0.2) is 60.7 Å². The van der Waals surface area contributed by atoms with E-state index in [0.29, 0.717) is 25.0 Å². The van der Waals surface area contributed by atoms with Gasteiger partial charge in [-0.25, -0.2) is 4.39 Å². The van der Waals surface area contributed by atoms with E-state index in [1.165, 1.54) is 11.1 Å². The lowest BCUT2D eigenvalue weighted by Crippen LogP contribution is -2.56. The minimum absolute atomic E-state index is 0.276. The van der Waals surface area contributed by atoms with E-state index in [1.54, 1.807) is 0 Å². The van der Waals surface area contributed by atoms with Crippen LogP contribution in [0, 0.1) is 0 Å². The number of hydrogen-bond donors (Lipinski definition) is 1. The molecule has 2 aliphatic rings. The predicted molar refractivity (Wildman–Crippen MR) is 91.4 cm³/mol. The van der Waals surface area contributed by atoms with Crippen molar-refractivity contribution in [3.05, 3.63) is 71.8 Å². The molecule has 0 unspecified atom stereocenters. The second-order valence-electron chi connectivity index (χ2n) is 6.71. The fourth-order valence-electron chi connectivity index (χ4n) is 4.27. The second kappa shape index (κ2) is 6.42. The van der Waals surface area contributed by atoms with Crippen LogP contribution in [0.5, 0.6) is 0 Å². The van der Waals surface area contributed by atoms with Crippen LogP contribution in [0.1, 0.15) is 23.5 Å². The van der Waals surface area contributed by atoms with E-state index in [0.717, 1.165) is 13.1 Å². The summed E-state index contributed by atoms with van der Waals surface area (Å²) in [6.07, 6.45) is -0.0191. The summed E-state index contributed by atoms with van der Waals surface area (Å²) in [5, 5.41) is 3.54. The third-order valence-corrected chi connectivity index (χ3v) is 5.27. The van der Waals surface area contributed by atoms with Crippen molar-refractivity contribution < 1.29 is 4.39 Å². The van der Waals surface area contributed by atoms with Crippen LogP contribution in [0.3, 0.4) is 0 Å². The number of halogens is 1. The van der Waals surface area contributed by atoms with Gasteiger partial charge < -0.3 is 5.32 Å². The molecule has 0 bridgehead atoms. The summed E-state index contributed by atoms with van der Waals surface area (Å²) in [6, 6.07) is 21.9. The van der Waals surface area contributed by atoms with Crippen LogP contribution in [0.25, 0.3) is 0 Å². The molecule has 0 aromatic heterocycles. The van der Waals surface area contributed by atoms with Gasteiger partial charge in [0.05, 0.1) is 0 Å². The highest BCUT2D eigenvalue weighted by molar-refractivity contribution is 5.35. The molecule has 0 radical (unpaired) electrons. The summed E-state index contributed by atoms with van der Waals surface area (Å²) in [7, 11) is 0. The zero-order valence-electron chi connectivity index (χ0n) is 13.2. The highest BCUT2D eigenvalue weighted by atomic mass is 19.1. The lowest BCUT2D eigenvalue weighted by molar-refractivity contribution is 0.121. The zero-order valence-corrected chi connectivity index (χ0v) is 13.2. The molecule has 120 valence electrons. The molecule has 0 aliphatic carbocycles. The van der Waals surface area contributed by atoms with Crippen molar-refractivity contribution in [3.63, 3.8) is 0 Å². The second-order valence-corrected chi connectivity index (χ2v) is 6.71. The highest BCUT2D eigenvalue weighted by Gasteiger charge is 2.42. The normalized spacial score (nSPS) is 28.0. The van der Waals surface area contributed by atoms with Crippen LogP contribution < -0.4 is 5.32 Å². The Hall–Kier alpha value is -1.71. The molecule has 0 saturated carbocycles. The standard InChI is InChI=1S/C20H23FN2/c21-17-11-18-12-22-13-19(23(18)14-17)20(15-7-3-1-4-8-15)16-9-5-2-6-10-16/h1-10,17-20,22H,11-14H2/t17-,18-,19-/m0/s1. The van der Waals surface area contributed by atoms with Crippen molar-refractivity contribution in [1.29, 1.82) is 0 Å². The molecule has 0 amide bonds. The number of piperazine rings is 1. The maximum atomic E-state index is 14.0. The Balaban J connectivity index is 1.73. The Labute approximate surface area is 137 Å². The average molecular weight is 310 g/mol. The number of benzene rings is 2. The van der Waals surface area contributed by atoms with Crippen molar-refractivity contribution in [2.75, 3.05) is 19.6 Å². The maximum Gasteiger partial charge on any atom is 0.114 e. The molecule has 2 heterocycles. The molecule has 2 aromatic rings. The van der Waals surface area contributed by atoms with E-state index in [1.807, 2.05) is 0 Å². The first-order chi connectivity index (χ1) is 11.3. The van der Waals surface area contributed by atoms with Crippen LogP contribution in [0.4, 0.5) is 4.39 Å². The van der Waals surface area contributed by atoms with Gasteiger partial charge in [0.25, 0.3) is 0 Å². The van der Waals surface area contributed by atoms with Crippen LogP contribution in [0.2, 0.25) is 0 Å². The summed E-state index contributed by atoms with van der Waals surface area (Å²) >= 11 is 0. The van der Waals surface area contributed by atoms with E-state index < -0.39 is 6.17 Å². The van der Waals surface area contributed by atoms with Crippen LogP contribution >= 0.6 is 0 Å². The summed E-state index contributed by atoms with van der Waals surface area (Å²) in [6.45, 7) is 2.40. The van der Waals surface area contributed by atoms with E-state index >= 15 is 0 Å². The molecule has 2 aromatic carbocycles. The Morgan fingerprint density at radius 1 is 0.913 bits per heavy atom. The zero-order chi connectivity index (χ0) is 15.6. The van der Waals surface area contributed by atoms with Gasteiger partial charge in [-0.3, -0.25) is 4.90 Å². The van der Waals surface area contributed by atoms with Gasteiger partial charge in [0.1, 0.15) is 6.17 Å². The van der Waals surface area contributed by atoms with Crippen molar-refractivity contribution in [3.8, 4) is 0 Å². The van der Waals surface area contributed by atoms with Crippen molar-refractivity contribution in [2.45, 2.75) is 30.6 Å². The van der Waals surface area contributed by atoms with Gasteiger partial charge in [-0.2, -0.15) is 0 Å². The molecule has 1 N–H and O–H groups in total.